The number of nitrogens with two attached hydrogens (primary N) is 1. The number of hydrogen-bond acceptors (Lipinski definition) is 3. The molecule has 0 amide bonds. The van der Waals surface area contributed by atoms with Crippen molar-refractivity contribution in [2.24, 2.45) is 5.73 Å². The molecule has 1 aliphatic heterocycles. The van der Waals surface area contributed by atoms with E-state index >= 15 is 0 Å². The zero-order chi connectivity index (χ0) is 14.1. The molecular formula is C17H21N3. The lowest BCUT2D eigenvalue weighted by Crippen LogP contribution is -2.31. The summed E-state index contributed by atoms with van der Waals surface area (Å²) < 4.78 is 0. The van der Waals surface area contributed by atoms with Gasteiger partial charge in [0, 0.05) is 24.8 Å². The maximum atomic E-state index is 5.95. The van der Waals surface area contributed by atoms with E-state index in [-0.39, 0.29) is 6.04 Å². The van der Waals surface area contributed by atoms with Crippen LogP contribution in [0.4, 0.5) is 5.82 Å². The van der Waals surface area contributed by atoms with Crippen molar-refractivity contribution in [2.75, 3.05) is 11.4 Å². The number of aryl methyl sites for hydroxylation is 1. The third-order valence-corrected chi connectivity index (χ3v) is 4.06. The Hall–Kier alpha value is -1.87. The van der Waals surface area contributed by atoms with Crippen molar-refractivity contribution >= 4 is 5.82 Å². The van der Waals surface area contributed by atoms with Gasteiger partial charge in [-0.05, 0) is 43.0 Å². The molecule has 0 radical (unpaired) electrons. The molecule has 3 rings (SSSR count). The van der Waals surface area contributed by atoms with Crippen LogP contribution in [0.3, 0.4) is 0 Å². The second-order valence-corrected chi connectivity index (χ2v) is 5.57. The molecule has 0 spiro atoms. The third kappa shape index (κ3) is 2.41. The SMILES string of the molecule is Cc1nc(N2CCc3ccccc3C2)ccc1[C@H](C)N. The fourth-order valence-corrected chi connectivity index (χ4v) is 2.91. The Labute approximate surface area is 120 Å². The minimum absolute atomic E-state index is 0.0404. The van der Waals surface area contributed by atoms with Crippen LogP contribution in [0, 0.1) is 6.92 Å². The maximum Gasteiger partial charge on any atom is 0.129 e. The first-order valence-electron chi connectivity index (χ1n) is 7.20. The molecule has 1 aliphatic rings. The summed E-state index contributed by atoms with van der Waals surface area (Å²) in [7, 11) is 0. The summed E-state index contributed by atoms with van der Waals surface area (Å²) in [4.78, 5) is 7.08. The van der Waals surface area contributed by atoms with Gasteiger partial charge in [0.15, 0.2) is 0 Å². The molecule has 0 saturated heterocycles. The molecule has 1 aromatic heterocycles. The minimum Gasteiger partial charge on any atom is -0.352 e. The van der Waals surface area contributed by atoms with Crippen LogP contribution >= 0.6 is 0 Å². The Kier molecular flexibility index (Phi) is 3.45. The number of fused-ring (bicyclic) bond motifs is 1. The molecule has 104 valence electrons. The summed E-state index contributed by atoms with van der Waals surface area (Å²) in [6.45, 7) is 6.02. The number of aromatic nitrogens is 1. The van der Waals surface area contributed by atoms with Gasteiger partial charge in [0.2, 0.25) is 0 Å². The number of nitrogens with zero attached hydrogens (tertiary/aromatic N) is 2. The van der Waals surface area contributed by atoms with Gasteiger partial charge in [0.25, 0.3) is 0 Å². The minimum atomic E-state index is 0.0404. The molecule has 0 saturated carbocycles. The first-order chi connectivity index (χ1) is 9.65. The predicted molar refractivity (Wildman–Crippen MR) is 82.8 cm³/mol. The fourth-order valence-electron chi connectivity index (χ4n) is 2.91. The normalized spacial score (nSPS) is 15.8. The lowest BCUT2D eigenvalue weighted by molar-refractivity contribution is 0.715. The third-order valence-electron chi connectivity index (χ3n) is 4.06. The van der Waals surface area contributed by atoms with Crippen molar-refractivity contribution in [1.82, 2.24) is 4.98 Å². The molecular weight excluding hydrogens is 246 g/mol. The molecule has 2 heterocycles. The molecule has 0 bridgehead atoms. The molecule has 0 unspecified atom stereocenters. The average Bonchev–Trinajstić information content (AvgIpc) is 2.46. The molecule has 1 aromatic carbocycles. The number of pyridine rings is 1. The van der Waals surface area contributed by atoms with Gasteiger partial charge < -0.3 is 10.6 Å². The van der Waals surface area contributed by atoms with Gasteiger partial charge in [-0.15, -0.1) is 0 Å². The van der Waals surface area contributed by atoms with E-state index in [0.29, 0.717) is 0 Å². The van der Waals surface area contributed by atoms with Crippen LogP contribution in [0.5, 0.6) is 0 Å². The zero-order valence-electron chi connectivity index (χ0n) is 12.1. The topological polar surface area (TPSA) is 42.2 Å². The summed E-state index contributed by atoms with van der Waals surface area (Å²) in [5.74, 6) is 1.06. The highest BCUT2D eigenvalue weighted by molar-refractivity contribution is 5.46. The highest BCUT2D eigenvalue weighted by atomic mass is 15.2. The van der Waals surface area contributed by atoms with E-state index in [4.69, 9.17) is 10.7 Å². The zero-order valence-corrected chi connectivity index (χ0v) is 12.1. The monoisotopic (exact) mass is 267 g/mol. The van der Waals surface area contributed by atoms with Gasteiger partial charge in [-0.25, -0.2) is 4.98 Å². The van der Waals surface area contributed by atoms with Gasteiger partial charge in [0.05, 0.1) is 0 Å². The van der Waals surface area contributed by atoms with Crippen molar-refractivity contribution in [2.45, 2.75) is 32.9 Å². The number of rotatable bonds is 2. The Morgan fingerprint density at radius 1 is 1.15 bits per heavy atom. The standard InChI is InChI=1S/C17H21N3/c1-12(18)16-7-8-17(19-13(16)2)20-10-9-14-5-3-4-6-15(14)11-20/h3-8,12H,9-11,18H2,1-2H3/t12-/m0/s1. The number of benzene rings is 1. The van der Waals surface area contributed by atoms with Crippen molar-refractivity contribution < 1.29 is 0 Å². The average molecular weight is 267 g/mol. The molecule has 3 heteroatoms. The Morgan fingerprint density at radius 2 is 1.90 bits per heavy atom. The smallest absolute Gasteiger partial charge is 0.129 e. The quantitative estimate of drug-likeness (QED) is 0.909. The van der Waals surface area contributed by atoms with Crippen LogP contribution in [0.2, 0.25) is 0 Å². The van der Waals surface area contributed by atoms with Gasteiger partial charge in [-0.3, -0.25) is 0 Å². The van der Waals surface area contributed by atoms with Crippen molar-refractivity contribution in [3.8, 4) is 0 Å². The number of anilines is 1. The molecule has 0 fully saturated rings. The first-order valence-corrected chi connectivity index (χ1v) is 7.20. The van der Waals surface area contributed by atoms with Crippen LogP contribution in [0.1, 0.15) is 35.3 Å². The summed E-state index contributed by atoms with van der Waals surface area (Å²) in [5, 5.41) is 0. The van der Waals surface area contributed by atoms with E-state index in [1.165, 1.54) is 11.1 Å². The molecule has 20 heavy (non-hydrogen) atoms. The Balaban J connectivity index is 1.86. The van der Waals surface area contributed by atoms with Gasteiger partial charge in [-0.2, -0.15) is 0 Å². The van der Waals surface area contributed by atoms with Crippen LogP contribution in [0.15, 0.2) is 36.4 Å². The van der Waals surface area contributed by atoms with E-state index < -0.39 is 0 Å². The van der Waals surface area contributed by atoms with Crippen LogP contribution in [-0.2, 0) is 13.0 Å². The summed E-state index contributed by atoms with van der Waals surface area (Å²) >= 11 is 0. The summed E-state index contributed by atoms with van der Waals surface area (Å²) in [5.41, 5.74) is 11.0. The lowest BCUT2D eigenvalue weighted by Gasteiger charge is -2.30. The highest BCUT2D eigenvalue weighted by Gasteiger charge is 2.17. The van der Waals surface area contributed by atoms with Crippen LogP contribution in [0.25, 0.3) is 0 Å². The van der Waals surface area contributed by atoms with Crippen LogP contribution < -0.4 is 10.6 Å². The van der Waals surface area contributed by atoms with E-state index in [9.17, 15) is 0 Å². The van der Waals surface area contributed by atoms with Crippen molar-refractivity contribution in [1.29, 1.82) is 0 Å². The highest BCUT2D eigenvalue weighted by Crippen LogP contribution is 2.25. The number of hydrogen-bond donors (Lipinski definition) is 1. The maximum absolute atomic E-state index is 5.95. The van der Waals surface area contributed by atoms with E-state index in [2.05, 4.69) is 41.3 Å². The molecule has 2 aromatic rings. The van der Waals surface area contributed by atoms with E-state index in [1.54, 1.807) is 0 Å². The Bertz CT molecular complexity index is 619. The predicted octanol–water partition coefficient (Wildman–Crippen LogP) is 2.97. The molecule has 3 nitrogen and oxygen atoms in total. The van der Waals surface area contributed by atoms with Crippen molar-refractivity contribution in [3.05, 3.63) is 58.8 Å². The summed E-state index contributed by atoms with van der Waals surface area (Å²) in [6.07, 6.45) is 1.09. The largest absolute Gasteiger partial charge is 0.352 e. The van der Waals surface area contributed by atoms with E-state index in [0.717, 1.165) is 36.6 Å². The molecule has 2 N–H and O–H groups in total. The van der Waals surface area contributed by atoms with Gasteiger partial charge in [-0.1, -0.05) is 30.3 Å². The first kappa shape index (κ1) is 13.1. The second-order valence-electron chi connectivity index (χ2n) is 5.57. The van der Waals surface area contributed by atoms with Gasteiger partial charge >= 0.3 is 0 Å². The fraction of sp³-hybridized carbons (Fsp3) is 0.353. The lowest BCUT2D eigenvalue weighted by atomic mass is 10.00. The molecule has 1 atom stereocenters. The molecule has 0 aliphatic carbocycles. The van der Waals surface area contributed by atoms with Crippen LogP contribution in [-0.4, -0.2) is 11.5 Å². The van der Waals surface area contributed by atoms with Gasteiger partial charge in [0.1, 0.15) is 5.82 Å². The van der Waals surface area contributed by atoms with Crippen molar-refractivity contribution in [3.63, 3.8) is 0 Å². The second kappa shape index (κ2) is 5.25. The van der Waals surface area contributed by atoms with E-state index in [1.807, 2.05) is 13.8 Å². The summed E-state index contributed by atoms with van der Waals surface area (Å²) in [6, 6.07) is 12.9. The Morgan fingerprint density at radius 3 is 2.60 bits per heavy atom.